The molecule has 1 unspecified atom stereocenters. The molecule has 0 N–H and O–H groups in total. The summed E-state index contributed by atoms with van der Waals surface area (Å²) in [7, 11) is -3.44. The Labute approximate surface area is 185 Å². The highest BCUT2D eigenvalue weighted by molar-refractivity contribution is 9.10. The number of carbonyl (C=O) groups is 1. The summed E-state index contributed by atoms with van der Waals surface area (Å²) in [5.74, 6) is -0.00968. The normalized spacial score (nSPS) is 17.2. The van der Waals surface area contributed by atoms with Crippen LogP contribution >= 0.6 is 27.3 Å². The van der Waals surface area contributed by atoms with Crippen LogP contribution in [0.15, 0.2) is 50.5 Å². The van der Waals surface area contributed by atoms with Gasteiger partial charge in [0, 0.05) is 30.0 Å². The first-order chi connectivity index (χ1) is 13.9. The van der Waals surface area contributed by atoms with E-state index in [0.29, 0.717) is 36.7 Å². The summed E-state index contributed by atoms with van der Waals surface area (Å²) in [4.78, 5) is 15.3. The Hall–Kier alpha value is -1.22. The fourth-order valence-electron chi connectivity index (χ4n) is 3.83. The molecule has 0 aliphatic carbocycles. The molecule has 1 amide bonds. The van der Waals surface area contributed by atoms with Crippen LogP contribution in [-0.4, -0.2) is 43.2 Å². The SMILES string of the molecule is CCCN(C(=O)C1CCN(S(=O)(=O)c2cccs2)CC1)C(C)c1ccccc1Br. The third-order valence-electron chi connectivity index (χ3n) is 5.46. The van der Waals surface area contributed by atoms with Gasteiger partial charge in [-0.3, -0.25) is 4.79 Å². The summed E-state index contributed by atoms with van der Waals surface area (Å²) in [5, 5.41) is 1.77. The van der Waals surface area contributed by atoms with Gasteiger partial charge in [0.05, 0.1) is 6.04 Å². The Kier molecular flexibility index (Phi) is 7.53. The summed E-state index contributed by atoms with van der Waals surface area (Å²) in [6.45, 7) is 5.60. The molecule has 158 valence electrons. The van der Waals surface area contributed by atoms with Crippen molar-refractivity contribution < 1.29 is 13.2 Å². The Morgan fingerprint density at radius 2 is 1.93 bits per heavy atom. The number of piperidine rings is 1. The lowest BCUT2D eigenvalue weighted by Gasteiger charge is -2.36. The van der Waals surface area contributed by atoms with Crippen LogP contribution in [0.1, 0.15) is 44.7 Å². The lowest BCUT2D eigenvalue weighted by Crippen LogP contribution is -2.45. The van der Waals surface area contributed by atoms with Crippen LogP contribution in [0, 0.1) is 5.92 Å². The van der Waals surface area contributed by atoms with Crippen LogP contribution < -0.4 is 0 Å². The molecule has 2 aromatic rings. The van der Waals surface area contributed by atoms with E-state index in [2.05, 4.69) is 29.8 Å². The molecule has 8 heteroatoms. The maximum atomic E-state index is 13.3. The first-order valence-electron chi connectivity index (χ1n) is 9.94. The maximum absolute atomic E-state index is 13.3. The van der Waals surface area contributed by atoms with Crippen molar-refractivity contribution in [2.24, 2.45) is 5.92 Å². The second kappa shape index (κ2) is 9.73. The number of hydrogen-bond acceptors (Lipinski definition) is 4. The molecule has 0 radical (unpaired) electrons. The van der Waals surface area contributed by atoms with Crippen LogP contribution in [0.3, 0.4) is 0 Å². The molecule has 0 spiro atoms. The van der Waals surface area contributed by atoms with Gasteiger partial charge >= 0.3 is 0 Å². The molecule has 1 fully saturated rings. The van der Waals surface area contributed by atoms with Gasteiger partial charge in [-0.2, -0.15) is 4.31 Å². The predicted molar refractivity (Wildman–Crippen MR) is 120 cm³/mol. The third kappa shape index (κ3) is 4.93. The molecule has 1 aromatic heterocycles. The standard InChI is InChI=1S/C21H27BrN2O3S2/c1-3-12-24(16(2)18-7-4-5-8-19(18)22)21(25)17-10-13-23(14-11-17)29(26,27)20-9-6-15-28-20/h4-9,15-17H,3,10-14H2,1-2H3. The van der Waals surface area contributed by atoms with Crippen molar-refractivity contribution in [1.29, 1.82) is 0 Å². The molecule has 0 saturated carbocycles. The predicted octanol–water partition coefficient (Wildman–Crippen LogP) is 4.91. The number of nitrogens with zero attached hydrogens (tertiary/aromatic N) is 2. The number of thiophene rings is 1. The highest BCUT2D eigenvalue weighted by atomic mass is 79.9. The van der Waals surface area contributed by atoms with Gasteiger partial charge in [-0.15, -0.1) is 11.3 Å². The summed E-state index contributed by atoms with van der Waals surface area (Å²) in [5.41, 5.74) is 1.09. The molecule has 1 atom stereocenters. The molecule has 1 saturated heterocycles. The lowest BCUT2D eigenvalue weighted by molar-refractivity contribution is -0.139. The summed E-state index contributed by atoms with van der Waals surface area (Å²) in [6, 6.07) is 11.3. The van der Waals surface area contributed by atoms with Crippen molar-refractivity contribution in [3.8, 4) is 0 Å². The number of sulfonamides is 1. The van der Waals surface area contributed by atoms with Gasteiger partial charge in [0.2, 0.25) is 5.91 Å². The van der Waals surface area contributed by atoms with Crippen molar-refractivity contribution in [2.45, 2.75) is 43.4 Å². The smallest absolute Gasteiger partial charge is 0.252 e. The van der Waals surface area contributed by atoms with E-state index in [1.807, 2.05) is 29.2 Å². The van der Waals surface area contributed by atoms with Crippen molar-refractivity contribution in [3.05, 3.63) is 51.8 Å². The van der Waals surface area contributed by atoms with Crippen LogP contribution in [0.4, 0.5) is 0 Å². The molecule has 29 heavy (non-hydrogen) atoms. The molecule has 1 aliphatic rings. The quantitative estimate of drug-likeness (QED) is 0.544. The van der Waals surface area contributed by atoms with Crippen LogP contribution in [0.5, 0.6) is 0 Å². The highest BCUT2D eigenvalue weighted by Crippen LogP contribution is 2.32. The maximum Gasteiger partial charge on any atom is 0.252 e. The Morgan fingerprint density at radius 3 is 2.52 bits per heavy atom. The average molecular weight is 499 g/mol. The lowest BCUT2D eigenvalue weighted by atomic mass is 9.95. The number of hydrogen-bond donors (Lipinski definition) is 0. The Balaban J connectivity index is 1.70. The van der Waals surface area contributed by atoms with E-state index in [1.165, 1.54) is 15.6 Å². The zero-order valence-corrected chi connectivity index (χ0v) is 20.0. The van der Waals surface area contributed by atoms with Crippen molar-refractivity contribution in [2.75, 3.05) is 19.6 Å². The zero-order valence-electron chi connectivity index (χ0n) is 16.8. The van der Waals surface area contributed by atoms with E-state index in [4.69, 9.17) is 0 Å². The van der Waals surface area contributed by atoms with E-state index in [9.17, 15) is 13.2 Å². The minimum absolute atomic E-state index is 0.0362. The van der Waals surface area contributed by atoms with Gasteiger partial charge < -0.3 is 4.90 Å². The first kappa shape index (κ1) is 22.5. The number of halogens is 1. The molecule has 1 aromatic carbocycles. The molecular weight excluding hydrogens is 472 g/mol. The summed E-state index contributed by atoms with van der Waals surface area (Å²) in [6.07, 6.45) is 2.00. The van der Waals surface area contributed by atoms with E-state index in [1.54, 1.807) is 17.5 Å². The van der Waals surface area contributed by atoms with Gasteiger partial charge in [0.1, 0.15) is 4.21 Å². The molecule has 5 nitrogen and oxygen atoms in total. The molecular formula is C21H27BrN2O3S2. The van der Waals surface area contributed by atoms with Crippen LogP contribution in [0.25, 0.3) is 0 Å². The van der Waals surface area contributed by atoms with Gasteiger partial charge in [-0.05, 0) is 49.3 Å². The second-order valence-electron chi connectivity index (χ2n) is 7.34. The van der Waals surface area contributed by atoms with Gasteiger partial charge in [0.15, 0.2) is 0 Å². The third-order valence-corrected chi connectivity index (χ3v) is 9.46. The molecule has 2 heterocycles. The fraction of sp³-hybridized carbons (Fsp3) is 0.476. The van der Waals surface area contributed by atoms with Crippen molar-refractivity contribution in [1.82, 2.24) is 9.21 Å². The second-order valence-corrected chi connectivity index (χ2v) is 11.3. The van der Waals surface area contributed by atoms with Gasteiger partial charge in [0.25, 0.3) is 10.0 Å². The number of benzene rings is 1. The largest absolute Gasteiger partial charge is 0.336 e. The van der Waals surface area contributed by atoms with Crippen LogP contribution in [-0.2, 0) is 14.8 Å². The van der Waals surface area contributed by atoms with Crippen LogP contribution in [0.2, 0.25) is 0 Å². The Bertz CT molecular complexity index is 923. The van der Waals surface area contributed by atoms with Crippen molar-refractivity contribution in [3.63, 3.8) is 0 Å². The molecule has 1 aliphatic heterocycles. The minimum Gasteiger partial charge on any atom is -0.336 e. The number of amides is 1. The zero-order chi connectivity index (χ0) is 21.0. The summed E-state index contributed by atoms with van der Waals surface area (Å²) >= 11 is 4.84. The minimum atomic E-state index is -3.44. The highest BCUT2D eigenvalue weighted by Gasteiger charge is 2.35. The number of carbonyl (C=O) groups excluding carboxylic acids is 1. The average Bonchev–Trinajstić information content (AvgIpc) is 3.27. The Morgan fingerprint density at radius 1 is 1.24 bits per heavy atom. The van der Waals surface area contributed by atoms with E-state index < -0.39 is 10.0 Å². The molecule has 3 rings (SSSR count). The van der Waals surface area contributed by atoms with E-state index >= 15 is 0 Å². The number of rotatable bonds is 7. The molecule has 0 bridgehead atoms. The monoisotopic (exact) mass is 498 g/mol. The first-order valence-corrected chi connectivity index (χ1v) is 13.1. The topological polar surface area (TPSA) is 57.7 Å². The van der Waals surface area contributed by atoms with Gasteiger partial charge in [-0.1, -0.05) is 47.1 Å². The fourth-order valence-corrected chi connectivity index (χ4v) is 7.06. The van der Waals surface area contributed by atoms with Crippen molar-refractivity contribution >= 4 is 43.2 Å². The van der Waals surface area contributed by atoms with E-state index in [0.717, 1.165) is 16.5 Å². The summed E-state index contributed by atoms with van der Waals surface area (Å²) < 4.78 is 28.3. The van der Waals surface area contributed by atoms with E-state index in [-0.39, 0.29) is 17.9 Å². The van der Waals surface area contributed by atoms with Gasteiger partial charge in [-0.25, -0.2) is 8.42 Å².